The van der Waals surface area contributed by atoms with Gasteiger partial charge in [-0.2, -0.15) is 0 Å². The zero-order valence-electron chi connectivity index (χ0n) is 11.7. The van der Waals surface area contributed by atoms with Crippen LogP contribution in [0.1, 0.15) is 11.4 Å². The first kappa shape index (κ1) is 13.6. The Hall–Kier alpha value is -2.34. The Morgan fingerprint density at radius 3 is 2.90 bits per heavy atom. The smallest absolute Gasteiger partial charge is 0.176 e. The second kappa shape index (κ2) is 5.57. The van der Waals surface area contributed by atoms with Gasteiger partial charge in [0.05, 0.1) is 7.11 Å². The van der Waals surface area contributed by atoms with Crippen LogP contribution >= 0.6 is 11.6 Å². The molecule has 0 aliphatic rings. The number of fused-ring (bicyclic) bond motifs is 1. The topological polar surface area (TPSA) is 64.3 Å². The van der Waals surface area contributed by atoms with Crippen molar-refractivity contribution >= 4 is 23.1 Å². The summed E-state index contributed by atoms with van der Waals surface area (Å²) < 4.78 is 6.82. The fourth-order valence-electron chi connectivity index (χ4n) is 2.06. The van der Waals surface area contributed by atoms with Crippen LogP contribution < -0.4 is 10.1 Å². The predicted octanol–water partition coefficient (Wildman–Crippen LogP) is 2.71. The average molecular weight is 304 g/mol. The maximum Gasteiger partial charge on any atom is 0.176 e. The number of halogens is 1. The molecule has 21 heavy (non-hydrogen) atoms. The molecule has 7 heteroatoms. The number of nitrogens with zero attached hydrogens (tertiary/aromatic N) is 4. The molecule has 0 aliphatic heterocycles. The lowest BCUT2D eigenvalue weighted by molar-refractivity contribution is 0.410. The number of benzene rings is 1. The van der Waals surface area contributed by atoms with Crippen LogP contribution in [0.3, 0.4) is 0 Å². The molecule has 6 nitrogen and oxygen atoms in total. The van der Waals surface area contributed by atoms with Gasteiger partial charge in [-0.1, -0.05) is 17.7 Å². The standard InChI is InChI=1S/C14H14ClN5O/c1-9-17-14-7-6-13(19-20(14)18-9)16-8-10-11(15)4-3-5-12(10)21-2/h3-7H,8H2,1-2H3,(H,16,19). The van der Waals surface area contributed by atoms with E-state index in [4.69, 9.17) is 16.3 Å². The van der Waals surface area contributed by atoms with Gasteiger partial charge in [-0.05, 0) is 31.2 Å². The predicted molar refractivity (Wildman–Crippen MR) is 80.8 cm³/mol. The lowest BCUT2D eigenvalue weighted by Gasteiger charge is -2.11. The van der Waals surface area contributed by atoms with Crippen molar-refractivity contribution < 1.29 is 4.74 Å². The van der Waals surface area contributed by atoms with Gasteiger partial charge in [0.1, 0.15) is 17.4 Å². The quantitative estimate of drug-likeness (QED) is 0.803. The molecule has 0 unspecified atom stereocenters. The third-order valence-electron chi connectivity index (χ3n) is 3.06. The lowest BCUT2D eigenvalue weighted by Crippen LogP contribution is -2.06. The molecular weight excluding hydrogens is 290 g/mol. The van der Waals surface area contributed by atoms with Gasteiger partial charge >= 0.3 is 0 Å². The van der Waals surface area contributed by atoms with Crippen molar-refractivity contribution in [2.45, 2.75) is 13.5 Å². The van der Waals surface area contributed by atoms with Gasteiger partial charge in [0.25, 0.3) is 0 Å². The largest absolute Gasteiger partial charge is 0.496 e. The number of anilines is 1. The lowest BCUT2D eigenvalue weighted by atomic mass is 10.2. The van der Waals surface area contributed by atoms with Crippen LogP contribution in [0, 0.1) is 6.92 Å². The van der Waals surface area contributed by atoms with Gasteiger partial charge in [-0.25, -0.2) is 4.98 Å². The molecule has 3 aromatic rings. The van der Waals surface area contributed by atoms with Crippen LogP contribution in [-0.2, 0) is 6.54 Å². The number of aryl methyl sites for hydroxylation is 1. The summed E-state index contributed by atoms with van der Waals surface area (Å²) in [6, 6.07) is 9.28. The van der Waals surface area contributed by atoms with Crippen molar-refractivity contribution in [1.29, 1.82) is 0 Å². The Labute approximate surface area is 126 Å². The Morgan fingerprint density at radius 1 is 1.24 bits per heavy atom. The maximum absolute atomic E-state index is 6.20. The van der Waals surface area contributed by atoms with E-state index in [0.717, 1.165) is 11.3 Å². The number of rotatable bonds is 4. The molecule has 3 rings (SSSR count). The van der Waals surface area contributed by atoms with Crippen molar-refractivity contribution in [3.8, 4) is 5.75 Å². The van der Waals surface area contributed by atoms with Crippen LogP contribution in [-0.4, -0.2) is 26.9 Å². The minimum atomic E-state index is 0.509. The highest BCUT2D eigenvalue weighted by atomic mass is 35.5. The maximum atomic E-state index is 6.20. The molecule has 1 N–H and O–H groups in total. The van der Waals surface area contributed by atoms with E-state index in [1.54, 1.807) is 7.11 Å². The van der Waals surface area contributed by atoms with E-state index in [0.29, 0.717) is 28.9 Å². The molecule has 0 saturated carbocycles. The number of methoxy groups -OCH3 is 1. The normalized spacial score (nSPS) is 10.8. The minimum absolute atomic E-state index is 0.509. The van der Waals surface area contributed by atoms with E-state index in [2.05, 4.69) is 20.5 Å². The molecule has 0 atom stereocenters. The second-order valence-corrected chi connectivity index (χ2v) is 4.91. The summed E-state index contributed by atoms with van der Waals surface area (Å²) in [7, 11) is 1.62. The van der Waals surface area contributed by atoms with E-state index in [-0.39, 0.29) is 0 Å². The molecule has 0 aliphatic carbocycles. The summed E-state index contributed by atoms with van der Waals surface area (Å²) in [5, 5.41) is 12.4. The van der Waals surface area contributed by atoms with Crippen LogP contribution in [0.5, 0.6) is 5.75 Å². The second-order valence-electron chi connectivity index (χ2n) is 4.50. The Bertz CT molecular complexity index is 786. The van der Waals surface area contributed by atoms with Gasteiger partial charge in [-0.15, -0.1) is 14.8 Å². The number of ether oxygens (including phenoxy) is 1. The van der Waals surface area contributed by atoms with Crippen molar-refractivity contribution in [1.82, 2.24) is 19.8 Å². The molecule has 1 aromatic carbocycles. The summed E-state index contributed by atoms with van der Waals surface area (Å²) >= 11 is 6.20. The summed E-state index contributed by atoms with van der Waals surface area (Å²) in [5.41, 5.74) is 1.60. The summed E-state index contributed by atoms with van der Waals surface area (Å²) in [6.45, 7) is 2.34. The Kier molecular flexibility index (Phi) is 3.62. The fourth-order valence-corrected chi connectivity index (χ4v) is 2.30. The van der Waals surface area contributed by atoms with E-state index >= 15 is 0 Å². The van der Waals surface area contributed by atoms with Gasteiger partial charge < -0.3 is 10.1 Å². The first-order valence-corrected chi connectivity index (χ1v) is 6.81. The number of aromatic nitrogens is 4. The van der Waals surface area contributed by atoms with Gasteiger partial charge in [0, 0.05) is 17.1 Å². The highest BCUT2D eigenvalue weighted by Gasteiger charge is 2.08. The summed E-state index contributed by atoms with van der Waals surface area (Å²) in [4.78, 5) is 4.23. The van der Waals surface area contributed by atoms with Crippen LogP contribution in [0.25, 0.3) is 5.65 Å². The molecule has 0 saturated heterocycles. The SMILES string of the molecule is COc1cccc(Cl)c1CNc1ccc2nc(C)nn2n1. The highest BCUT2D eigenvalue weighted by molar-refractivity contribution is 6.31. The van der Waals surface area contributed by atoms with Crippen molar-refractivity contribution in [3.63, 3.8) is 0 Å². The molecule has 2 aromatic heterocycles. The van der Waals surface area contributed by atoms with Crippen LogP contribution in [0.2, 0.25) is 5.02 Å². The number of nitrogens with one attached hydrogen (secondary N) is 1. The molecule has 0 bridgehead atoms. The van der Waals surface area contributed by atoms with Gasteiger partial charge in [0.2, 0.25) is 0 Å². The molecule has 108 valence electrons. The third-order valence-corrected chi connectivity index (χ3v) is 3.41. The van der Waals surface area contributed by atoms with Crippen molar-refractivity contribution in [2.24, 2.45) is 0 Å². The van der Waals surface area contributed by atoms with Crippen LogP contribution in [0.15, 0.2) is 30.3 Å². The fraction of sp³-hybridized carbons (Fsp3) is 0.214. The molecular formula is C14H14ClN5O. The first-order valence-electron chi connectivity index (χ1n) is 6.43. The van der Waals surface area contributed by atoms with Crippen molar-refractivity contribution in [2.75, 3.05) is 12.4 Å². The average Bonchev–Trinajstić information content (AvgIpc) is 2.85. The van der Waals surface area contributed by atoms with E-state index in [1.165, 1.54) is 4.63 Å². The highest BCUT2D eigenvalue weighted by Crippen LogP contribution is 2.26. The van der Waals surface area contributed by atoms with E-state index < -0.39 is 0 Å². The van der Waals surface area contributed by atoms with Crippen molar-refractivity contribution in [3.05, 3.63) is 46.7 Å². The van der Waals surface area contributed by atoms with Gasteiger partial charge in [-0.3, -0.25) is 0 Å². The molecule has 2 heterocycles. The Balaban J connectivity index is 1.83. The van der Waals surface area contributed by atoms with E-state index in [9.17, 15) is 0 Å². The van der Waals surface area contributed by atoms with Gasteiger partial charge in [0.15, 0.2) is 5.65 Å². The molecule has 0 amide bonds. The third kappa shape index (κ3) is 2.75. The monoisotopic (exact) mass is 303 g/mol. The molecule has 0 radical (unpaired) electrons. The van der Waals surface area contributed by atoms with E-state index in [1.807, 2.05) is 37.3 Å². The number of hydrogen-bond acceptors (Lipinski definition) is 5. The zero-order valence-corrected chi connectivity index (χ0v) is 12.4. The minimum Gasteiger partial charge on any atom is -0.496 e. The molecule has 0 fully saturated rings. The number of hydrogen-bond donors (Lipinski definition) is 1. The summed E-state index contributed by atoms with van der Waals surface area (Å²) in [6.07, 6.45) is 0. The Morgan fingerprint density at radius 2 is 2.10 bits per heavy atom. The molecule has 0 spiro atoms. The zero-order chi connectivity index (χ0) is 14.8. The van der Waals surface area contributed by atoms with Crippen LogP contribution in [0.4, 0.5) is 5.82 Å². The first-order chi connectivity index (χ1) is 10.2. The summed E-state index contributed by atoms with van der Waals surface area (Å²) in [5.74, 6) is 2.12.